The van der Waals surface area contributed by atoms with Crippen molar-refractivity contribution >= 4 is 28.3 Å². The Kier molecular flexibility index (Phi) is 4.86. The second kappa shape index (κ2) is 7.06. The Morgan fingerprint density at radius 1 is 1.21 bits per heavy atom. The molecule has 0 saturated carbocycles. The van der Waals surface area contributed by atoms with Gasteiger partial charge in [-0.2, -0.15) is 0 Å². The first kappa shape index (κ1) is 16.5. The quantitative estimate of drug-likeness (QED) is 0.920. The number of piperazine rings is 1. The van der Waals surface area contributed by atoms with Gasteiger partial charge < -0.3 is 9.80 Å². The number of hydrogen-bond donors (Lipinski definition) is 1. The molecular formula is C16H17FN4O2S. The third-order valence-electron chi connectivity index (χ3n) is 3.85. The molecule has 0 bridgehead atoms. The highest BCUT2D eigenvalue weighted by Gasteiger charge is 2.23. The topological polar surface area (TPSA) is 65.5 Å². The van der Waals surface area contributed by atoms with Crippen molar-refractivity contribution < 1.29 is 14.0 Å². The lowest BCUT2D eigenvalue weighted by atomic mass is 10.2. The van der Waals surface area contributed by atoms with Crippen LogP contribution in [0.2, 0.25) is 0 Å². The van der Waals surface area contributed by atoms with Gasteiger partial charge in [0.2, 0.25) is 0 Å². The first-order chi connectivity index (χ1) is 11.5. The van der Waals surface area contributed by atoms with Crippen molar-refractivity contribution in [3.63, 3.8) is 0 Å². The predicted molar refractivity (Wildman–Crippen MR) is 89.9 cm³/mol. The summed E-state index contributed by atoms with van der Waals surface area (Å²) in [7, 11) is 2.01. The summed E-state index contributed by atoms with van der Waals surface area (Å²) in [5, 5.41) is 4.42. The molecule has 0 unspecified atom stereocenters. The lowest BCUT2D eigenvalue weighted by Gasteiger charge is -2.31. The zero-order chi connectivity index (χ0) is 17.1. The Morgan fingerprint density at radius 2 is 1.92 bits per heavy atom. The highest BCUT2D eigenvalue weighted by atomic mass is 32.1. The van der Waals surface area contributed by atoms with Crippen LogP contribution in [0.15, 0.2) is 29.6 Å². The van der Waals surface area contributed by atoms with E-state index in [-0.39, 0.29) is 16.6 Å². The number of rotatable bonds is 3. The van der Waals surface area contributed by atoms with Crippen LogP contribution < -0.4 is 5.32 Å². The number of hydrogen-bond acceptors (Lipinski definition) is 5. The van der Waals surface area contributed by atoms with Crippen LogP contribution >= 0.6 is 11.3 Å². The summed E-state index contributed by atoms with van der Waals surface area (Å²) in [4.78, 5) is 32.5. The van der Waals surface area contributed by atoms with Gasteiger partial charge in [0.1, 0.15) is 11.5 Å². The van der Waals surface area contributed by atoms with Crippen LogP contribution in [0.4, 0.5) is 9.52 Å². The Labute approximate surface area is 142 Å². The van der Waals surface area contributed by atoms with Gasteiger partial charge >= 0.3 is 0 Å². The smallest absolute Gasteiger partial charge is 0.273 e. The fraction of sp³-hybridized carbons (Fsp3) is 0.312. The molecule has 1 aromatic carbocycles. The second-order valence-electron chi connectivity index (χ2n) is 5.57. The largest absolute Gasteiger partial charge is 0.335 e. The molecule has 24 heavy (non-hydrogen) atoms. The zero-order valence-electron chi connectivity index (χ0n) is 13.2. The molecule has 1 saturated heterocycles. The minimum absolute atomic E-state index is 0.0559. The lowest BCUT2D eigenvalue weighted by Crippen LogP contribution is -2.47. The number of anilines is 1. The first-order valence-corrected chi connectivity index (χ1v) is 8.42. The minimum atomic E-state index is -0.597. The van der Waals surface area contributed by atoms with E-state index >= 15 is 0 Å². The summed E-state index contributed by atoms with van der Waals surface area (Å²) in [5.74, 6) is -1.33. The molecule has 1 aliphatic heterocycles. The molecule has 2 heterocycles. The number of likely N-dealkylation sites (N-methyl/N-ethyl adjacent to an activating group) is 1. The van der Waals surface area contributed by atoms with E-state index in [1.165, 1.54) is 18.2 Å². The van der Waals surface area contributed by atoms with E-state index in [0.29, 0.717) is 18.8 Å². The third-order valence-corrected chi connectivity index (χ3v) is 4.61. The number of nitrogens with zero attached hydrogens (tertiary/aromatic N) is 3. The molecule has 1 aromatic heterocycles. The van der Waals surface area contributed by atoms with E-state index in [0.717, 1.165) is 24.4 Å². The summed E-state index contributed by atoms with van der Waals surface area (Å²) >= 11 is 1.15. The molecule has 1 N–H and O–H groups in total. The van der Waals surface area contributed by atoms with Gasteiger partial charge in [0.25, 0.3) is 11.8 Å². The maximum Gasteiger partial charge on any atom is 0.273 e. The number of thiazole rings is 1. The molecule has 1 aliphatic rings. The zero-order valence-corrected chi connectivity index (χ0v) is 14.0. The van der Waals surface area contributed by atoms with Gasteiger partial charge in [-0.3, -0.25) is 14.9 Å². The number of benzene rings is 1. The molecule has 3 rings (SSSR count). The third kappa shape index (κ3) is 3.60. The van der Waals surface area contributed by atoms with Crippen LogP contribution in [0.25, 0.3) is 0 Å². The van der Waals surface area contributed by atoms with Gasteiger partial charge in [-0.05, 0) is 19.2 Å². The van der Waals surface area contributed by atoms with Crippen molar-refractivity contribution in [2.75, 3.05) is 38.5 Å². The van der Waals surface area contributed by atoms with E-state index in [1.54, 1.807) is 16.3 Å². The lowest BCUT2D eigenvalue weighted by molar-refractivity contribution is 0.0659. The van der Waals surface area contributed by atoms with Gasteiger partial charge in [0.15, 0.2) is 5.13 Å². The first-order valence-electron chi connectivity index (χ1n) is 7.54. The Balaban J connectivity index is 1.66. The summed E-state index contributed by atoms with van der Waals surface area (Å²) in [5.41, 5.74) is 0.244. The molecule has 0 aliphatic carbocycles. The van der Waals surface area contributed by atoms with Crippen molar-refractivity contribution in [1.29, 1.82) is 0 Å². The Hall–Kier alpha value is -2.32. The fourth-order valence-corrected chi connectivity index (χ4v) is 3.09. The highest BCUT2D eigenvalue weighted by molar-refractivity contribution is 7.14. The van der Waals surface area contributed by atoms with Crippen LogP contribution in [0.5, 0.6) is 0 Å². The maximum atomic E-state index is 13.6. The molecule has 126 valence electrons. The number of nitrogens with one attached hydrogen (secondary N) is 1. The van der Waals surface area contributed by atoms with Gasteiger partial charge in [-0.1, -0.05) is 12.1 Å². The monoisotopic (exact) mass is 348 g/mol. The average Bonchev–Trinajstić information content (AvgIpc) is 3.03. The van der Waals surface area contributed by atoms with Crippen LogP contribution in [-0.4, -0.2) is 59.8 Å². The second-order valence-corrected chi connectivity index (χ2v) is 6.43. The van der Waals surface area contributed by atoms with Gasteiger partial charge in [0, 0.05) is 31.6 Å². The molecule has 6 nitrogen and oxygen atoms in total. The molecule has 0 radical (unpaired) electrons. The Bertz CT molecular complexity index is 756. The van der Waals surface area contributed by atoms with Crippen LogP contribution in [0.3, 0.4) is 0 Å². The van der Waals surface area contributed by atoms with Gasteiger partial charge in [-0.15, -0.1) is 11.3 Å². The maximum absolute atomic E-state index is 13.6. The van der Waals surface area contributed by atoms with E-state index in [4.69, 9.17) is 0 Å². The molecule has 0 spiro atoms. The van der Waals surface area contributed by atoms with Crippen molar-refractivity contribution in [1.82, 2.24) is 14.8 Å². The van der Waals surface area contributed by atoms with Gasteiger partial charge in [-0.25, -0.2) is 9.37 Å². The number of carbonyl (C=O) groups is 2. The van der Waals surface area contributed by atoms with Gasteiger partial charge in [0.05, 0.1) is 5.56 Å². The Morgan fingerprint density at radius 3 is 2.62 bits per heavy atom. The summed E-state index contributed by atoms with van der Waals surface area (Å²) in [6, 6.07) is 5.72. The van der Waals surface area contributed by atoms with E-state index in [9.17, 15) is 14.0 Å². The van der Waals surface area contributed by atoms with Crippen LogP contribution in [0, 0.1) is 5.82 Å². The number of amides is 2. The number of carbonyl (C=O) groups excluding carboxylic acids is 2. The molecule has 2 amide bonds. The molecule has 1 fully saturated rings. The predicted octanol–water partition coefficient (Wildman–Crippen LogP) is 1.92. The molecule has 2 aromatic rings. The average molecular weight is 348 g/mol. The number of halogens is 1. The van der Waals surface area contributed by atoms with Crippen molar-refractivity contribution in [3.8, 4) is 0 Å². The van der Waals surface area contributed by atoms with Crippen molar-refractivity contribution in [3.05, 3.63) is 46.7 Å². The summed E-state index contributed by atoms with van der Waals surface area (Å²) < 4.78 is 13.6. The standard InChI is InChI=1S/C16H17FN4O2S/c1-20-6-8-21(9-7-20)15(23)13-10-24-16(18-13)19-14(22)11-4-2-3-5-12(11)17/h2-5,10H,6-9H2,1H3,(H,18,19,22). The van der Waals surface area contributed by atoms with Crippen LogP contribution in [0.1, 0.15) is 20.8 Å². The van der Waals surface area contributed by atoms with Crippen molar-refractivity contribution in [2.24, 2.45) is 0 Å². The normalized spacial score (nSPS) is 15.3. The van der Waals surface area contributed by atoms with E-state index in [1.807, 2.05) is 7.05 Å². The van der Waals surface area contributed by atoms with E-state index in [2.05, 4.69) is 15.2 Å². The molecular weight excluding hydrogens is 331 g/mol. The SMILES string of the molecule is CN1CCN(C(=O)c2csc(NC(=O)c3ccccc3F)n2)CC1. The van der Waals surface area contributed by atoms with E-state index < -0.39 is 11.7 Å². The highest BCUT2D eigenvalue weighted by Crippen LogP contribution is 2.19. The summed E-state index contributed by atoms with van der Waals surface area (Å²) in [6.07, 6.45) is 0. The molecule has 0 atom stereocenters. The number of aromatic nitrogens is 1. The van der Waals surface area contributed by atoms with Crippen molar-refractivity contribution in [2.45, 2.75) is 0 Å². The minimum Gasteiger partial charge on any atom is -0.335 e. The summed E-state index contributed by atoms with van der Waals surface area (Å²) in [6.45, 7) is 2.97. The molecule has 8 heteroatoms. The fourth-order valence-electron chi connectivity index (χ4n) is 2.41. The van der Waals surface area contributed by atoms with Crippen LogP contribution in [-0.2, 0) is 0 Å².